The van der Waals surface area contributed by atoms with Crippen LogP contribution in [-0.4, -0.2) is 28.2 Å². The molecule has 5 nitrogen and oxygen atoms in total. The molecule has 0 aliphatic carbocycles. The van der Waals surface area contributed by atoms with Crippen molar-refractivity contribution in [3.63, 3.8) is 0 Å². The van der Waals surface area contributed by atoms with Gasteiger partial charge in [0.2, 0.25) is 0 Å². The van der Waals surface area contributed by atoms with Gasteiger partial charge in [-0.05, 0) is 13.3 Å². The molecule has 1 aromatic rings. The Hall–Kier alpha value is -0.940. The highest BCUT2D eigenvalue weighted by Crippen LogP contribution is 2.08. The fourth-order valence-corrected chi connectivity index (χ4v) is 1.27. The van der Waals surface area contributed by atoms with Crippen LogP contribution in [0.1, 0.15) is 32.0 Å². The van der Waals surface area contributed by atoms with Gasteiger partial charge in [-0.25, -0.2) is 4.68 Å². The van der Waals surface area contributed by atoms with Gasteiger partial charge >= 0.3 is 0 Å². The second-order valence-corrected chi connectivity index (χ2v) is 3.15. The molecule has 1 unspecified atom stereocenters. The van der Waals surface area contributed by atoms with Crippen molar-refractivity contribution in [1.29, 1.82) is 0 Å². The maximum Gasteiger partial charge on any atom is 0.0777 e. The molecule has 80 valence electrons. The molecule has 2 N–H and O–H groups in total. The lowest BCUT2D eigenvalue weighted by Gasteiger charge is -2.12. The van der Waals surface area contributed by atoms with Crippen molar-refractivity contribution in [3.05, 3.63) is 11.9 Å². The van der Waals surface area contributed by atoms with E-state index in [0.29, 0.717) is 13.2 Å². The SMILES string of the molecule is CCCn1nncc1C(N)COCC. The molecule has 0 bridgehead atoms. The van der Waals surface area contributed by atoms with E-state index in [2.05, 4.69) is 17.2 Å². The zero-order valence-corrected chi connectivity index (χ0v) is 8.81. The van der Waals surface area contributed by atoms with Crippen molar-refractivity contribution in [3.8, 4) is 0 Å². The number of ether oxygens (including phenoxy) is 1. The van der Waals surface area contributed by atoms with E-state index >= 15 is 0 Å². The summed E-state index contributed by atoms with van der Waals surface area (Å²) in [7, 11) is 0. The van der Waals surface area contributed by atoms with E-state index in [-0.39, 0.29) is 6.04 Å². The lowest BCUT2D eigenvalue weighted by atomic mass is 10.2. The van der Waals surface area contributed by atoms with Crippen LogP contribution in [0.15, 0.2) is 6.20 Å². The van der Waals surface area contributed by atoms with Crippen LogP contribution in [0.5, 0.6) is 0 Å². The summed E-state index contributed by atoms with van der Waals surface area (Å²) in [5.74, 6) is 0. The Morgan fingerprint density at radius 1 is 1.57 bits per heavy atom. The number of aryl methyl sites for hydroxylation is 1. The Bertz CT molecular complexity index is 261. The molecule has 1 heterocycles. The van der Waals surface area contributed by atoms with Gasteiger partial charge < -0.3 is 10.5 Å². The molecule has 14 heavy (non-hydrogen) atoms. The molecule has 0 amide bonds. The number of hydrogen-bond donors (Lipinski definition) is 1. The van der Waals surface area contributed by atoms with Gasteiger partial charge in [0.1, 0.15) is 0 Å². The van der Waals surface area contributed by atoms with Crippen molar-refractivity contribution in [2.75, 3.05) is 13.2 Å². The third-order valence-electron chi connectivity index (χ3n) is 1.96. The minimum absolute atomic E-state index is 0.128. The molecule has 1 rings (SSSR count). The van der Waals surface area contributed by atoms with Gasteiger partial charge in [0.25, 0.3) is 0 Å². The van der Waals surface area contributed by atoms with Crippen molar-refractivity contribution < 1.29 is 4.74 Å². The van der Waals surface area contributed by atoms with Gasteiger partial charge in [-0.1, -0.05) is 12.1 Å². The quantitative estimate of drug-likeness (QED) is 0.731. The summed E-state index contributed by atoms with van der Waals surface area (Å²) in [6, 6.07) is -0.128. The smallest absolute Gasteiger partial charge is 0.0777 e. The average Bonchev–Trinajstić information content (AvgIpc) is 2.63. The molecule has 0 spiro atoms. The van der Waals surface area contributed by atoms with Crippen LogP contribution in [-0.2, 0) is 11.3 Å². The molecule has 0 aliphatic rings. The van der Waals surface area contributed by atoms with Crippen molar-refractivity contribution in [1.82, 2.24) is 15.0 Å². The van der Waals surface area contributed by atoms with Gasteiger partial charge in [-0.2, -0.15) is 0 Å². The van der Waals surface area contributed by atoms with E-state index in [1.54, 1.807) is 6.20 Å². The summed E-state index contributed by atoms with van der Waals surface area (Å²) in [5.41, 5.74) is 6.88. The van der Waals surface area contributed by atoms with Crippen LogP contribution in [0.25, 0.3) is 0 Å². The standard InChI is InChI=1S/C9H18N4O/c1-3-5-13-9(6-11-12-13)8(10)7-14-4-2/h6,8H,3-5,7,10H2,1-2H3. The number of nitrogens with zero attached hydrogens (tertiary/aromatic N) is 3. The first-order chi connectivity index (χ1) is 6.79. The van der Waals surface area contributed by atoms with E-state index < -0.39 is 0 Å². The topological polar surface area (TPSA) is 66.0 Å². The summed E-state index contributed by atoms with van der Waals surface area (Å²) in [6.07, 6.45) is 2.73. The van der Waals surface area contributed by atoms with Gasteiger partial charge in [0, 0.05) is 13.2 Å². The minimum atomic E-state index is -0.128. The molecule has 1 atom stereocenters. The zero-order chi connectivity index (χ0) is 10.4. The van der Waals surface area contributed by atoms with Gasteiger partial charge in [0.15, 0.2) is 0 Å². The first kappa shape index (κ1) is 11.1. The van der Waals surface area contributed by atoms with Gasteiger partial charge in [-0.15, -0.1) is 5.10 Å². The number of nitrogens with two attached hydrogens (primary N) is 1. The highest BCUT2D eigenvalue weighted by atomic mass is 16.5. The molecule has 5 heteroatoms. The van der Waals surface area contributed by atoms with Crippen LogP contribution in [0.2, 0.25) is 0 Å². The third kappa shape index (κ3) is 2.78. The molecule has 1 aromatic heterocycles. The van der Waals surface area contributed by atoms with Crippen molar-refractivity contribution in [2.45, 2.75) is 32.9 Å². The predicted molar refractivity (Wildman–Crippen MR) is 53.7 cm³/mol. The fourth-order valence-electron chi connectivity index (χ4n) is 1.27. The molecule has 0 saturated heterocycles. The summed E-state index contributed by atoms with van der Waals surface area (Å²) >= 11 is 0. The van der Waals surface area contributed by atoms with Crippen LogP contribution >= 0.6 is 0 Å². The first-order valence-electron chi connectivity index (χ1n) is 5.01. The zero-order valence-electron chi connectivity index (χ0n) is 8.81. The van der Waals surface area contributed by atoms with Crippen LogP contribution in [0, 0.1) is 0 Å². The summed E-state index contributed by atoms with van der Waals surface area (Å²) in [4.78, 5) is 0. The van der Waals surface area contributed by atoms with Crippen LogP contribution in [0.3, 0.4) is 0 Å². The van der Waals surface area contributed by atoms with Crippen LogP contribution < -0.4 is 5.73 Å². The third-order valence-corrected chi connectivity index (χ3v) is 1.96. The lowest BCUT2D eigenvalue weighted by molar-refractivity contribution is 0.131. The molecule has 0 saturated carbocycles. The highest BCUT2D eigenvalue weighted by Gasteiger charge is 2.11. The van der Waals surface area contributed by atoms with Crippen LogP contribution in [0.4, 0.5) is 0 Å². The molecule has 0 aliphatic heterocycles. The average molecular weight is 198 g/mol. The number of aromatic nitrogens is 3. The predicted octanol–water partition coefficient (Wildman–Crippen LogP) is 0.724. The highest BCUT2D eigenvalue weighted by molar-refractivity contribution is 5.01. The summed E-state index contributed by atoms with van der Waals surface area (Å²) < 4.78 is 7.10. The fraction of sp³-hybridized carbons (Fsp3) is 0.778. The number of hydrogen-bond acceptors (Lipinski definition) is 4. The normalized spacial score (nSPS) is 13.1. The Balaban J connectivity index is 2.58. The molecular formula is C9H18N4O. The Labute approximate surface area is 84.2 Å². The minimum Gasteiger partial charge on any atom is -0.380 e. The van der Waals surface area contributed by atoms with Crippen molar-refractivity contribution in [2.24, 2.45) is 5.73 Å². The Kier molecular flexibility index (Phi) is 4.55. The largest absolute Gasteiger partial charge is 0.380 e. The van der Waals surface area contributed by atoms with Gasteiger partial charge in [-0.3, -0.25) is 0 Å². The molecule has 0 radical (unpaired) electrons. The van der Waals surface area contributed by atoms with E-state index in [1.165, 1.54) is 0 Å². The monoisotopic (exact) mass is 198 g/mol. The van der Waals surface area contributed by atoms with E-state index in [0.717, 1.165) is 18.7 Å². The maximum absolute atomic E-state index is 5.93. The summed E-state index contributed by atoms with van der Waals surface area (Å²) in [5, 5.41) is 7.81. The second kappa shape index (κ2) is 5.72. The molecular weight excluding hydrogens is 180 g/mol. The van der Waals surface area contributed by atoms with E-state index in [1.807, 2.05) is 11.6 Å². The second-order valence-electron chi connectivity index (χ2n) is 3.15. The van der Waals surface area contributed by atoms with Crippen molar-refractivity contribution >= 4 is 0 Å². The number of rotatable bonds is 6. The van der Waals surface area contributed by atoms with E-state index in [4.69, 9.17) is 10.5 Å². The van der Waals surface area contributed by atoms with Gasteiger partial charge in [0.05, 0.1) is 24.5 Å². The lowest BCUT2D eigenvalue weighted by Crippen LogP contribution is -2.21. The molecule has 0 fully saturated rings. The summed E-state index contributed by atoms with van der Waals surface area (Å²) in [6.45, 7) is 6.11. The maximum atomic E-state index is 5.93. The first-order valence-corrected chi connectivity index (χ1v) is 5.01. The van der Waals surface area contributed by atoms with E-state index in [9.17, 15) is 0 Å². The Morgan fingerprint density at radius 3 is 3.00 bits per heavy atom. The molecule has 0 aromatic carbocycles. The Morgan fingerprint density at radius 2 is 2.36 bits per heavy atom.